The number of anilines is 1. The van der Waals surface area contributed by atoms with Crippen molar-refractivity contribution in [3.8, 4) is 5.75 Å². The number of thiazole rings is 1. The first-order chi connectivity index (χ1) is 7.67. The maximum atomic E-state index is 5.63. The summed E-state index contributed by atoms with van der Waals surface area (Å²) in [6, 6.07) is 2.07. The van der Waals surface area contributed by atoms with Gasteiger partial charge in [0, 0.05) is 12.6 Å². The van der Waals surface area contributed by atoms with Crippen LogP contribution >= 0.6 is 11.3 Å². The Hall–Kier alpha value is -1.29. The quantitative estimate of drug-likeness (QED) is 0.887. The highest BCUT2D eigenvalue weighted by Crippen LogP contribution is 2.35. The number of hydrogen-bond acceptors (Lipinski definition) is 4. The Morgan fingerprint density at radius 1 is 1.44 bits per heavy atom. The molecule has 0 spiro atoms. The number of aryl methyl sites for hydroxylation is 2. The van der Waals surface area contributed by atoms with Gasteiger partial charge in [-0.1, -0.05) is 11.3 Å². The minimum Gasteiger partial charge on any atom is -0.494 e. The van der Waals surface area contributed by atoms with E-state index in [1.54, 1.807) is 11.3 Å². The zero-order chi connectivity index (χ0) is 11.7. The van der Waals surface area contributed by atoms with Crippen molar-refractivity contribution in [1.82, 2.24) is 4.98 Å². The summed E-state index contributed by atoms with van der Waals surface area (Å²) in [5.41, 5.74) is 3.43. The highest BCUT2D eigenvalue weighted by Gasteiger charge is 2.12. The molecule has 1 N–H and O–H groups in total. The molecule has 3 nitrogen and oxygen atoms in total. The van der Waals surface area contributed by atoms with Gasteiger partial charge in [0.1, 0.15) is 5.75 Å². The Kier molecular flexibility index (Phi) is 3.01. The largest absolute Gasteiger partial charge is 0.494 e. The molecule has 1 heterocycles. The predicted octanol–water partition coefficient (Wildman–Crippen LogP) is 3.35. The van der Waals surface area contributed by atoms with E-state index in [2.05, 4.69) is 30.2 Å². The topological polar surface area (TPSA) is 34.1 Å². The van der Waals surface area contributed by atoms with Gasteiger partial charge in [0.15, 0.2) is 5.13 Å². The molecule has 0 unspecified atom stereocenters. The molecule has 2 rings (SSSR count). The number of benzene rings is 1. The van der Waals surface area contributed by atoms with Gasteiger partial charge >= 0.3 is 0 Å². The first-order valence-electron chi connectivity index (χ1n) is 5.38. The first-order valence-corrected chi connectivity index (χ1v) is 6.20. The fourth-order valence-corrected chi connectivity index (χ4v) is 2.73. The second kappa shape index (κ2) is 4.29. The number of ether oxygens (including phenoxy) is 1. The fourth-order valence-electron chi connectivity index (χ4n) is 1.74. The van der Waals surface area contributed by atoms with Crippen molar-refractivity contribution in [2.75, 3.05) is 19.0 Å². The summed E-state index contributed by atoms with van der Waals surface area (Å²) < 4.78 is 6.84. The van der Waals surface area contributed by atoms with Gasteiger partial charge in [0.2, 0.25) is 0 Å². The molecule has 0 bridgehead atoms. The number of fused-ring (bicyclic) bond motifs is 1. The third-order valence-corrected chi connectivity index (χ3v) is 3.76. The van der Waals surface area contributed by atoms with Crippen LogP contribution in [0.1, 0.15) is 18.1 Å². The molecule has 0 saturated carbocycles. The Morgan fingerprint density at radius 3 is 2.81 bits per heavy atom. The summed E-state index contributed by atoms with van der Waals surface area (Å²) >= 11 is 1.68. The van der Waals surface area contributed by atoms with E-state index in [1.807, 2.05) is 14.0 Å². The second-order valence-electron chi connectivity index (χ2n) is 3.70. The third-order valence-electron chi connectivity index (χ3n) is 2.57. The van der Waals surface area contributed by atoms with Gasteiger partial charge in [-0.2, -0.15) is 0 Å². The average Bonchev–Trinajstić information content (AvgIpc) is 2.70. The van der Waals surface area contributed by atoms with Crippen LogP contribution in [-0.2, 0) is 0 Å². The molecule has 0 amide bonds. The van der Waals surface area contributed by atoms with Gasteiger partial charge in [-0.25, -0.2) is 4.98 Å². The Bertz CT molecular complexity index is 519. The predicted molar refractivity (Wildman–Crippen MR) is 69.8 cm³/mol. The van der Waals surface area contributed by atoms with Crippen molar-refractivity contribution in [3.63, 3.8) is 0 Å². The van der Waals surface area contributed by atoms with Gasteiger partial charge in [-0.05, 0) is 32.4 Å². The summed E-state index contributed by atoms with van der Waals surface area (Å²) in [7, 11) is 1.89. The molecule has 4 heteroatoms. The van der Waals surface area contributed by atoms with Crippen LogP contribution < -0.4 is 10.1 Å². The third kappa shape index (κ3) is 1.73. The lowest BCUT2D eigenvalue weighted by atomic mass is 10.1. The van der Waals surface area contributed by atoms with Crippen LogP contribution in [0.3, 0.4) is 0 Å². The van der Waals surface area contributed by atoms with Gasteiger partial charge in [-0.15, -0.1) is 0 Å². The minimum absolute atomic E-state index is 0.698. The number of nitrogens with one attached hydrogen (secondary N) is 1. The molecule has 86 valence electrons. The number of aromatic nitrogens is 1. The van der Waals surface area contributed by atoms with Crippen LogP contribution in [0.2, 0.25) is 0 Å². The standard InChI is InChI=1S/C12H16N2OS/c1-5-15-9-6-7(2)10-11(8(9)3)16-12(13-4)14-10/h6H,5H2,1-4H3,(H,13,14). The summed E-state index contributed by atoms with van der Waals surface area (Å²) in [4.78, 5) is 4.54. The van der Waals surface area contributed by atoms with Crippen LogP contribution in [0.4, 0.5) is 5.13 Å². The van der Waals surface area contributed by atoms with Gasteiger partial charge in [0.25, 0.3) is 0 Å². The fraction of sp³-hybridized carbons (Fsp3) is 0.417. The van der Waals surface area contributed by atoms with Gasteiger partial charge in [0.05, 0.1) is 16.8 Å². The van der Waals surface area contributed by atoms with Crippen molar-refractivity contribution in [1.29, 1.82) is 0 Å². The number of nitrogens with zero attached hydrogens (tertiary/aromatic N) is 1. The van der Waals surface area contributed by atoms with Crippen LogP contribution in [0, 0.1) is 13.8 Å². The average molecular weight is 236 g/mol. The van der Waals surface area contributed by atoms with Crippen molar-refractivity contribution >= 4 is 26.7 Å². The van der Waals surface area contributed by atoms with Crippen LogP contribution in [0.5, 0.6) is 5.75 Å². The SMILES string of the molecule is CCOc1cc(C)c2nc(NC)sc2c1C. The molecule has 2 aromatic rings. The van der Waals surface area contributed by atoms with E-state index in [0.29, 0.717) is 6.61 Å². The molecule has 0 saturated heterocycles. The Morgan fingerprint density at radius 2 is 2.19 bits per heavy atom. The van der Waals surface area contributed by atoms with Gasteiger partial charge < -0.3 is 10.1 Å². The van der Waals surface area contributed by atoms with Crippen LogP contribution in [0.15, 0.2) is 6.07 Å². The molecular weight excluding hydrogens is 220 g/mol. The lowest BCUT2D eigenvalue weighted by molar-refractivity contribution is 0.338. The lowest BCUT2D eigenvalue weighted by Gasteiger charge is -2.08. The summed E-state index contributed by atoms with van der Waals surface area (Å²) in [5.74, 6) is 0.971. The zero-order valence-electron chi connectivity index (χ0n) is 10.0. The minimum atomic E-state index is 0.698. The van der Waals surface area contributed by atoms with Crippen molar-refractivity contribution < 1.29 is 4.74 Å². The Balaban J connectivity index is 2.67. The summed E-state index contributed by atoms with van der Waals surface area (Å²) in [6.07, 6.45) is 0. The maximum Gasteiger partial charge on any atom is 0.183 e. The normalized spacial score (nSPS) is 10.8. The van der Waals surface area contributed by atoms with Crippen molar-refractivity contribution in [2.45, 2.75) is 20.8 Å². The molecule has 0 aliphatic rings. The van der Waals surface area contributed by atoms with E-state index in [-0.39, 0.29) is 0 Å². The van der Waals surface area contributed by atoms with E-state index in [1.165, 1.54) is 15.8 Å². The first kappa shape index (κ1) is 11.2. The molecule has 1 aromatic heterocycles. The van der Waals surface area contributed by atoms with Crippen molar-refractivity contribution in [3.05, 3.63) is 17.2 Å². The summed E-state index contributed by atoms with van der Waals surface area (Å²) in [6.45, 7) is 6.86. The van der Waals surface area contributed by atoms with E-state index in [0.717, 1.165) is 16.4 Å². The highest BCUT2D eigenvalue weighted by molar-refractivity contribution is 7.22. The summed E-state index contributed by atoms with van der Waals surface area (Å²) in [5, 5.41) is 4.04. The van der Waals surface area contributed by atoms with Crippen molar-refractivity contribution in [2.24, 2.45) is 0 Å². The second-order valence-corrected chi connectivity index (χ2v) is 4.70. The smallest absolute Gasteiger partial charge is 0.183 e. The monoisotopic (exact) mass is 236 g/mol. The molecule has 0 radical (unpaired) electrons. The van der Waals surface area contributed by atoms with E-state index in [9.17, 15) is 0 Å². The van der Waals surface area contributed by atoms with E-state index in [4.69, 9.17) is 4.74 Å². The number of rotatable bonds is 3. The molecule has 0 atom stereocenters. The zero-order valence-corrected chi connectivity index (χ0v) is 10.9. The van der Waals surface area contributed by atoms with E-state index < -0.39 is 0 Å². The lowest BCUT2D eigenvalue weighted by Crippen LogP contribution is -1.95. The van der Waals surface area contributed by atoms with Crippen LogP contribution in [-0.4, -0.2) is 18.6 Å². The molecule has 16 heavy (non-hydrogen) atoms. The Labute approximate surface area is 99.5 Å². The number of hydrogen-bond donors (Lipinski definition) is 1. The maximum absolute atomic E-state index is 5.63. The van der Waals surface area contributed by atoms with Gasteiger partial charge in [-0.3, -0.25) is 0 Å². The van der Waals surface area contributed by atoms with Crippen LogP contribution in [0.25, 0.3) is 10.2 Å². The van der Waals surface area contributed by atoms with E-state index >= 15 is 0 Å². The molecule has 0 fully saturated rings. The molecule has 0 aliphatic carbocycles. The molecule has 1 aromatic carbocycles. The molecular formula is C12H16N2OS. The molecule has 0 aliphatic heterocycles. The highest BCUT2D eigenvalue weighted by atomic mass is 32.1.